The van der Waals surface area contributed by atoms with Crippen LogP contribution in [0, 0.1) is 35.0 Å². The molecule has 328 valence electrons. The van der Waals surface area contributed by atoms with E-state index in [0.29, 0.717) is 56.2 Å². The van der Waals surface area contributed by atoms with Crippen molar-refractivity contribution in [2.24, 2.45) is 29.6 Å². The molecule has 0 aromatic rings. The number of fused-ring (bicyclic) bond motifs is 3. The maximum atomic E-state index is 14.4. The molecule has 0 aromatic heterocycles. The first kappa shape index (κ1) is 47.9. The van der Waals surface area contributed by atoms with Crippen LogP contribution in [-0.4, -0.2) is 126 Å². The third-order valence-corrected chi connectivity index (χ3v) is 13.1. The van der Waals surface area contributed by atoms with Gasteiger partial charge in [-0.15, -0.1) is 0 Å². The number of hydrogen-bond donors (Lipinski definition) is 4. The lowest BCUT2D eigenvalue weighted by Crippen LogP contribution is -2.64. The molecular formula is C45H72N2O11. The zero-order valence-corrected chi connectivity index (χ0v) is 36.4. The summed E-state index contributed by atoms with van der Waals surface area (Å²) < 4.78 is 29.9. The fraction of sp³-hybridized carbons (Fsp3) is 0.778. The van der Waals surface area contributed by atoms with Crippen molar-refractivity contribution < 1.29 is 53.4 Å². The Morgan fingerprint density at radius 3 is 2.26 bits per heavy atom. The van der Waals surface area contributed by atoms with Gasteiger partial charge in [-0.2, -0.15) is 0 Å². The van der Waals surface area contributed by atoms with Crippen molar-refractivity contribution in [3.8, 4) is 0 Å². The Morgan fingerprint density at radius 1 is 0.931 bits per heavy atom. The van der Waals surface area contributed by atoms with E-state index < -0.39 is 77.9 Å². The summed E-state index contributed by atoms with van der Waals surface area (Å²) in [5, 5.41) is 43.6. The number of aliphatic hydroxyl groups excluding tert-OH is 2. The van der Waals surface area contributed by atoms with Gasteiger partial charge in [0.15, 0.2) is 0 Å². The van der Waals surface area contributed by atoms with Crippen LogP contribution in [0.15, 0.2) is 35.5 Å². The van der Waals surface area contributed by atoms with Gasteiger partial charge in [0, 0.05) is 51.8 Å². The molecule has 4 N–H and O–H groups in total. The van der Waals surface area contributed by atoms with Crippen molar-refractivity contribution in [2.75, 3.05) is 27.9 Å². The number of rotatable bonds is 7. The fourth-order valence-corrected chi connectivity index (χ4v) is 9.57. The first-order chi connectivity index (χ1) is 27.5. The van der Waals surface area contributed by atoms with Crippen molar-refractivity contribution in [2.45, 2.75) is 167 Å². The molecular weight excluding hydrogens is 744 g/mol. The number of allylic oxidation sites excluding steroid dienone is 5. The summed E-state index contributed by atoms with van der Waals surface area (Å²) in [7, 11) is 4.67. The second-order valence-corrected chi connectivity index (χ2v) is 17.6. The monoisotopic (exact) mass is 817 g/mol. The molecule has 0 radical (unpaired) electrons. The Morgan fingerprint density at radius 2 is 1.60 bits per heavy atom. The first-order valence-electron chi connectivity index (χ1n) is 21.5. The topological polar surface area (TPSA) is 185 Å². The number of nitrogens with zero attached hydrogens (tertiary/aromatic N) is 1. The van der Waals surface area contributed by atoms with Crippen LogP contribution in [0.5, 0.6) is 0 Å². The molecule has 14 atom stereocenters. The van der Waals surface area contributed by atoms with E-state index in [1.807, 2.05) is 32.1 Å². The normalized spacial score (nSPS) is 40.7. The minimum Gasteiger partial charge on any atom is -0.456 e. The molecule has 3 aliphatic heterocycles. The number of aliphatic hydroxyl groups is 3. The molecule has 2 bridgehead atoms. The van der Waals surface area contributed by atoms with Crippen LogP contribution < -0.4 is 0 Å². The highest BCUT2D eigenvalue weighted by Crippen LogP contribution is 2.39. The van der Waals surface area contributed by atoms with E-state index >= 15 is 0 Å². The number of carbonyl (C=O) groups is 3. The Kier molecular flexibility index (Phi) is 17.9. The summed E-state index contributed by atoms with van der Waals surface area (Å²) >= 11 is 0. The van der Waals surface area contributed by atoms with E-state index in [4.69, 9.17) is 23.7 Å². The second kappa shape index (κ2) is 21.7. The SMILES string of the molecule is CC=CC/C1=C\C(C)CC(C)CC(OC)C2OC(O)(C(=O)C(=O)N3CCCCC3C(=O)OC(C(C)=CC3CCC(O)C(OC)C3)C(C)C(O)CC1=N)C(C)CC2OC. The molecule has 13 nitrogen and oxygen atoms in total. The Bertz CT molecular complexity index is 1510. The van der Waals surface area contributed by atoms with Gasteiger partial charge in [-0.05, 0) is 107 Å². The molecule has 58 heavy (non-hydrogen) atoms. The molecule has 2 saturated heterocycles. The molecule has 0 aromatic carbocycles. The summed E-state index contributed by atoms with van der Waals surface area (Å²) in [5.74, 6) is -6.72. The van der Waals surface area contributed by atoms with Gasteiger partial charge in [0.05, 0.1) is 30.5 Å². The van der Waals surface area contributed by atoms with Crippen molar-refractivity contribution in [3.05, 3.63) is 35.5 Å². The van der Waals surface area contributed by atoms with E-state index in [1.54, 1.807) is 35.2 Å². The molecule has 1 saturated carbocycles. The predicted octanol–water partition coefficient (Wildman–Crippen LogP) is 5.48. The number of ether oxygens (including phenoxy) is 5. The maximum Gasteiger partial charge on any atom is 0.329 e. The van der Waals surface area contributed by atoms with E-state index in [-0.39, 0.29) is 49.7 Å². The predicted molar refractivity (Wildman–Crippen MR) is 220 cm³/mol. The van der Waals surface area contributed by atoms with Gasteiger partial charge in [0.2, 0.25) is 5.79 Å². The summed E-state index contributed by atoms with van der Waals surface area (Å²) in [5.41, 5.74) is 1.79. The van der Waals surface area contributed by atoms with Gasteiger partial charge in [-0.3, -0.25) is 9.59 Å². The standard InChI is InChI=1S/C45H72N2O11/c1-10-11-14-32-20-26(2)19-27(3)21-38(55-8)41-39(56-9)23-29(5)45(53,58-41)42(50)43(51)47-18-13-12-15-34(47)44(52)57-40(30(6)36(49)25-33(32)46)28(4)22-31-16-17-35(48)37(24-31)54-7/h10-11,20,22,26-27,29-31,34-41,46,48-49,53H,12-19,21,23-25H2,1-9H3/b11-10?,28-22?,32-20+,46-33?. The zero-order chi connectivity index (χ0) is 42.9. The van der Waals surface area contributed by atoms with E-state index in [2.05, 4.69) is 19.9 Å². The van der Waals surface area contributed by atoms with Crippen molar-refractivity contribution >= 4 is 23.4 Å². The highest BCUT2D eigenvalue weighted by molar-refractivity contribution is 6.39. The highest BCUT2D eigenvalue weighted by atomic mass is 16.7. The largest absolute Gasteiger partial charge is 0.456 e. The van der Waals surface area contributed by atoms with E-state index in [0.717, 1.165) is 12.0 Å². The number of methoxy groups -OCH3 is 3. The molecule has 3 heterocycles. The number of cyclic esters (lactones) is 1. The average Bonchev–Trinajstić information content (AvgIpc) is 3.20. The molecule has 14 unspecified atom stereocenters. The smallest absolute Gasteiger partial charge is 0.329 e. The fourth-order valence-electron chi connectivity index (χ4n) is 9.57. The first-order valence-corrected chi connectivity index (χ1v) is 21.5. The number of Topliss-reactive ketones (excluding diaryl/α,β-unsaturated/α-hetero) is 1. The Balaban J connectivity index is 1.79. The van der Waals surface area contributed by atoms with Gasteiger partial charge in [0.25, 0.3) is 11.7 Å². The van der Waals surface area contributed by atoms with E-state index in [9.17, 15) is 35.1 Å². The third-order valence-electron chi connectivity index (χ3n) is 13.1. The quantitative estimate of drug-likeness (QED) is 0.145. The number of amides is 1. The Labute approximate surface area is 346 Å². The van der Waals surface area contributed by atoms with Crippen LogP contribution in [0.25, 0.3) is 0 Å². The number of esters is 1. The lowest BCUT2D eigenvalue weighted by molar-refractivity contribution is -0.302. The van der Waals surface area contributed by atoms with E-state index in [1.165, 1.54) is 4.90 Å². The molecule has 4 rings (SSSR count). The lowest BCUT2D eigenvalue weighted by atomic mass is 9.81. The molecule has 4 aliphatic rings. The Hall–Kier alpha value is -2.78. The number of ketones is 1. The van der Waals surface area contributed by atoms with Crippen LogP contribution in [0.3, 0.4) is 0 Å². The van der Waals surface area contributed by atoms with Crippen LogP contribution in [0.1, 0.15) is 112 Å². The number of nitrogens with one attached hydrogen (secondary N) is 1. The minimum atomic E-state index is -2.49. The third kappa shape index (κ3) is 11.5. The lowest BCUT2D eigenvalue weighted by Gasteiger charge is -2.47. The van der Waals surface area contributed by atoms with Crippen LogP contribution in [-0.2, 0) is 38.1 Å². The van der Waals surface area contributed by atoms with Crippen LogP contribution in [0.4, 0.5) is 0 Å². The van der Waals surface area contributed by atoms with Gasteiger partial charge < -0.3 is 49.3 Å². The highest BCUT2D eigenvalue weighted by Gasteiger charge is 2.56. The molecule has 3 fully saturated rings. The van der Waals surface area contributed by atoms with Crippen molar-refractivity contribution in [1.29, 1.82) is 5.41 Å². The average molecular weight is 817 g/mol. The summed E-state index contributed by atoms with van der Waals surface area (Å²) in [6.45, 7) is 11.5. The zero-order valence-electron chi connectivity index (χ0n) is 36.4. The molecule has 13 heteroatoms. The van der Waals surface area contributed by atoms with Crippen LogP contribution in [0.2, 0.25) is 0 Å². The number of hydrogen-bond acceptors (Lipinski definition) is 12. The summed E-state index contributed by atoms with van der Waals surface area (Å²) in [4.78, 5) is 44.1. The van der Waals surface area contributed by atoms with Gasteiger partial charge in [-0.25, -0.2) is 4.79 Å². The van der Waals surface area contributed by atoms with Gasteiger partial charge in [0.1, 0.15) is 18.2 Å². The summed E-state index contributed by atoms with van der Waals surface area (Å²) in [6.07, 6.45) is 8.36. The molecule has 0 spiro atoms. The maximum absolute atomic E-state index is 14.4. The van der Waals surface area contributed by atoms with Gasteiger partial charge in [-0.1, -0.05) is 52.0 Å². The number of carbonyl (C=O) groups excluding carboxylic acids is 3. The molecule has 1 aliphatic carbocycles. The van der Waals surface area contributed by atoms with Gasteiger partial charge >= 0.3 is 5.97 Å². The van der Waals surface area contributed by atoms with Crippen molar-refractivity contribution in [3.63, 3.8) is 0 Å². The minimum absolute atomic E-state index is 0.0157. The second-order valence-electron chi connectivity index (χ2n) is 17.6. The molecule has 1 amide bonds. The van der Waals surface area contributed by atoms with Crippen LogP contribution >= 0.6 is 0 Å². The summed E-state index contributed by atoms with van der Waals surface area (Å²) in [6, 6.07) is -1.12. The number of piperidine rings is 1. The van der Waals surface area contributed by atoms with Crippen molar-refractivity contribution in [1.82, 2.24) is 4.90 Å².